The van der Waals surface area contributed by atoms with Crippen LogP contribution in [0.5, 0.6) is 0 Å². The van der Waals surface area contributed by atoms with Crippen LogP contribution in [0.25, 0.3) is 0 Å². The summed E-state index contributed by atoms with van der Waals surface area (Å²) in [7, 11) is 0. The van der Waals surface area contributed by atoms with Crippen LogP contribution >= 0.6 is 27.5 Å². The molecule has 1 aromatic rings. The molecule has 0 unspecified atom stereocenters. The lowest BCUT2D eigenvalue weighted by molar-refractivity contribution is 0.0938. The third-order valence-corrected chi connectivity index (χ3v) is 3.52. The van der Waals surface area contributed by atoms with E-state index in [0.29, 0.717) is 11.4 Å². The molecule has 6 heteroatoms. The standard InChI is InChI=1S/C10H16BrN3OS/c1-10(2,4-3-5-11)7-12-9(15)8-6-13-14-16-8/h6H,3-5,7H2,1-2H3,(H,12,15). The van der Waals surface area contributed by atoms with Crippen molar-refractivity contribution in [2.45, 2.75) is 26.7 Å². The van der Waals surface area contributed by atoms with Crippen LogP contribution < -0.4 is 5.32 Å². The molecule has 0 fully saturated rings. The van der Waals surface area contributed by atoms with Gasteiger partial charge in [0, 0.05) is 11.9 Å². The van der Waals surface area contributed by atoms with Crippen LogP contribution in [0, 0.1) is 5.41 Å². The number of nitrogens with zero attached hydrogens (tertiary/aromatic N) is 2. The minimum atomic E-state index is -0.0816. The highest BCUT2D eigenvalue weighted by Gasteiger charge is 2.19. The zero-order valence-corrected chi connectivity index (χ0v) is 11.9. The first-order chi connectivity index (χ1) is 7.55. The van der Waals surface area contributed by atoms with Crippen LogP contribution in [0.3, 0.4) is 0 Å². The topological polar surface area (TPSA) is 54.9 Å². The average molecular weight is 306 g/mol. The number of hydrogen-bond acceptors (Lipinski definition) is 4. The maximum atomic E-state index is 11.6. The highest BCUT2D eigenvalue weighted by Crippen LogP contribution is 2.21. The summed E-state index contributed by atoms with van der Waals surface area (Å²) in [6.45, 7) is 4.98. The van der Waals surface area contributed by atoms with Crippen molar-refractivity contribution in [2.24, 2.45) is 5.41 Å². The van der Waals surface area contributed by atoms with Crippen molar-refractivity contribution in [3.05, 3.63) is 11.1 Å². The van der Waals surface area contributed by atoms with Crippen LogP contribution in [0.4, 0.5) is 0 Å². The number of hydrogen-bond donors (Lipinski definition) is 1. The molecule has 4 nitrogen and oxygen atoms in total. The van der Waals surface area contributed by atoms with E-state index in [1.54, 1.807) is 0 Å². The van der Waals surface area contributed by atoms with Gasteiger partial charge in [-0.2, -0.15) is 0 Å². The summed E-state index contributed by atoms with van der Waals surface area (Å²) < 4.78 is 3.66. The quantitative estimate of drug-likeness (QED) is 0.822. The smallest absolute Gasteiger partial charge is 0.264 e. The van der Waals surface area contributed by atoms with E-state index in [0.717, 1.165) is 29.7 Å². The van der Waals surface area contributed by atoms with E-state index in [2.05, 4.69) is 44.7 Å². The van der Waals surface area contributed by atoms with Crippen molar-refractivity contribution in [3.8, 4) is 0 Å². The lowest BCUT2D eigenvalue weighted by Crippen LogP contribution is -2.33. The van der Waals surface area contributed by atoms with Gasteiger partial charge in [0.25, 0.3) is 5.91 Å². The van der Waals surface area contributed by atoms with Crippen molar-refractivity contribution in [1.29, 1.82) is 0 Å². The molecule has 0 aromatic carbocycles. The monoisotopic (exact) mass is 305 g/mol. The molecule has 16 heavy (non-hydrogen) atoms. The first-order valence-corrected chi connectivity index (χ1v) is 7.06. The maximum absolute atomic E-state index is 11.6. The number of carbonyl (C=O) groups excluding carboxylic acids is 1. The Labute approximate surface area is 108 Å². The minimum absolute atomic E-state index is 0.0816. The maximum Gasteiger partial charge on any atom is 0.264 e. The molecule has 1 amide bonds. The van der Waals surface area contributed by atoms with E-state index in [4.69, 9.17) is 0 Å². The molecule has 0 radical (unpaired) electrons. The van der Waals surface area contributed by atoms with Gasteiger partial charge in [-0.1, -0.05) is 34.3 Å². The zero-order chi connectivity index (χ0) is 12.0. The van der Waals surface area contributed by atoms with E-state index in [1.807, 2.05) is 0 Å². The molecule has 0 saturated carbocycles. The summed E-state index contributed by atoms with van der Waals surface area (Å²) in [5, 5.41) is 7.55. The van der Waals surface area contributed by atoms with Crippen molar-refractivity contribution in [2.75, 3.05) is 11.9 Å². The molecule has 1 aromatic heterocycles. The summed E-state index contributed by atoms with van der Waals surface area (Å²) in [5.74, 6) is -0.0816. The average Bonchev–Trinajstić information content (AvgIpc) is 2.77. The van der Waals surface area contributed by atoms with E-state index < -0.39 is 0 Å². The van der Waals surface area contributed by atoms with E-state index in [-0.39, 0.29) is 11.3 Å². The van der Waals surface area contributed by atoms with Gasteiger partial charge < -0.3 is 5.32 Å². The molecule has 1 heterocycles. The summed E-state index contributed by atoms with van der Waals surface area (Å²) in [4.78, 5) is 12.2. The number of carbonyl (C=O) groups is 1. The van der Waals surface area contributed by atoms with Crippen molar-refractivity contribution in [1.82, 2.24) is 14.9 Å². The zero-order valence-electron chi connectivity index (χ0n) is 9.49. The molecular weight excluding hydrogens is 290 g/mol. The van der Waals surface area contributed by atoms with E-state index in [1.165, 1.54) is 6.20 Å². The summed E-state index contributed by atoms with van der Waals surface area (Å²) >= 11 is 4.53. The first kappa shape index (κ1) is 13.6. The first-order valence-electron chi connectivity index (χ1n) is 5.17. The normalized spacial score (nSPS) is 11.4. The number of alkyl halides is 1. The number of aromatic nitrogens is 2. The number of rotatable bonds is 6. The van der Waals surface area contributed by atoms with Gasteiger partial charge in [0.05, 0.1) is 6.20 Å². The summed E-state index contributed by atoms with van der Waals surface area (Å²) in [5.41, 5.74) is 0.127. The Morgan fingerprint density at radius 2 is 2.38 bits per heavy atom. The second-order valence-electron chi connectivity index (χ2n) is 4.42. The van der Waals surface area contributed by atoms with Crippen molar-refractivity contribution in [3.63, 3.8) is 0 Å². The minimum Gasteiger partial charge on any atom is -0.351 e. The van der Waals surface area contributed by atoms with Gasteiger partial charge in [0.2, 0.25) is 0 Å². The molecule has 1 rings (SSSR count). The Balaban J connectivity index is 2.36. The number of nitrogens with one attached hydrogen (secondary N) is 1. The Hall–Kier alpha value is -0.490. The Morgan fingerprint density at radius 3 is 2.94 bits per heavy atom. The fourth-order valence-electron chi connectivity index (χ4n) is 1.31. The van der Waals surface area contributed by atoms with Gasteiger partial charge in [-0.25, -0.2) is 0 Å². The number of halogens is 1. The van der Waals surface area contributed by atoms with Gasteiger partial charge in [0.15, 0.2) is 0 Å². The summed E-state index contributed by atoms with van der Waals surface area (Å²) in [6.07, 6.45) is 3.69. The lowest BCUT2D eigenvalue weighted by Gasteiger charge is -2.24. The van der Waals surface area contributed by atoms with Gasteiger partial charge in [-0.15, -0.1) is 5.10 Å². The van der Waals surface area contributed by atoms with Crippen LogP contribution in [-0.2, 0) is 0 Å². The van der Waals surface area contributed by atoms with E-state index in [9.17, 15) is 4.79 Å². The second-order valence-corrected chi connectivity index (χ2v) is 6.00. The van der Waals surface area contributed by atoms with E-state index >= 15 is 0 Å². The molecule has 0 spiro atoms. The molecule has 0 aliphatic carbocycles. The van der Waals surface area contributed by atoms with Crippen LogP contribution in [0.15, 0.2) is 6.20 Å². The number of amides is 1. The van der Waals surface area contributed by atoms with Crippen molar-refractivity contribution >= 4 is 33.4 Å². The van der Waals surface area contributed by atoms with Gasteiger partial charge >= 0.3 is 0 Å². The Bertz CT molecular complexity index is 327. The predicted octanol–water partition coefficient (Wildman–Crippen LogP) is 2.47. The van der Waals surface area contributed by atoms with Crippen LogP contribution in [0.2, 0.25) is 0 Å². The SMILES string of the molecule is CC(C)(CCCBr)CNC(=O)c1cnns1. The van der Waals surface area contributed by atoms with Crippen LogP contribution in [-0.4, -0.2) is 27.4 Å². The lowest BCUT2D eigenvalue weighted by atomic mass is 9.88. The predicted molar refractivity (Wildman–Crippen MR) is 69.1 cm³/mol. The molecule has 0 aliphatic rings. The molecular formula is C10H16BrN3OS. The molecule has 0 saturated heterocycles. The molecule has 90 valence electrons. The Kier molecular flexibility index (Phi) is 5.34. The molecule has 0 bridgehead atoms. The molecule has 0 atom stereocenters. The van der Waals surface area contributed by atoms with Crippen LogP contribution in [0.1, 0.15) is 36.4 Å². The second kappa shape index (κ2) is 6.30. The van der Waals surface area contributed by atoms with Crippen molar-refractivity contribution < 1.29 is 4.79 Å². The molecule has 0 aliphatic heterocycles. The fourth-order valence-corrected chi connectivity index (χ4v) is 2.02. The highest BCUT2D eigenvalue weighted by molar-refractivity contribution is 9.09. The van der Waals surface area contributed by atoms with Gasteiger partial charge in [-0.3, -0.25) is 4.79 Å². The van der Waals surface area contributed by atoms with Gasteiger partial charge in [-0.05, 0) is 29.8 Å². The largest absolute Gasteiger partial charge is 0.351 e. The Morgan fingerprint density at radius 1 is 1.62 bits per heavy atom. The third-order valence-electron chi connectivity index (χ3n) is 2.30. The highest BCUT2D eigenvalue weighted by atomic mass is 79.9. The molecule has 1 N–H and O–H groups in total. The summed E-state index contributed by atoms with van der Waals surface area (Å²) in [6, 6.07) is 0. The fraction of sp³-hybridized carbons (Fsp3) is 0.700. The third kappa shape index (κ3) is 4.57. The van der Waals surface area contributed by atoms with Gasteiger partial charge in [0.1, 0.15) is 4.88 Å².